The van der Waals surface area contributed by atoms with Crippen molar-refractivity contribution >= 4 is 32.8 Å². The smallest absolute Gasteiger partial charge is 0.178 e. The van der Waals surface area contributed by atoms with Gasteiger partial charge in [0.05, 0.1) is 16.2 Å². The molecular formula is C29H27ClO4S. The Morgan fingerprint density at radius 3 is 2.40 bits per heavy atom. The number of hydrogen-bond donors (Lipinski definition) is 1. The minimum atomic E-state index is -3.39. The molecule has 0 fully saturated rings. The van der Waals surface area contributed by atoms with E-state index < -0.39 is 9.84 Å². The van der Waals surface area contributed by atoms with E-state index in [1.54, 1.807) is 24.3 Å². The Morgan fingerprint density at radius 2 is 1.66 bits per heavy atom. The first kappa shape index (κ1) is 23.8. The molecule has 2 aliphatic carbocycles. The molecule has 3 aromatic rings. The molecule has 180 valence electrons. The number of fused-ring (bicyclic) bond motifs is 1. The highest BCUT2D eigenvalue weighted by molar-refractivity contribution is 7.91. The van der Waals surface area contributed by atoms with Crippen molar-refractivity contribution in [3.8, 4) is 0 Å². The highest BCUT2D eigenvalue weighted by Crippen LogP contribution is 2.38. The van der Waals surface area contributed by atoms with E-state index in [4.69, 9.17) is 11.6 Å². The van der Waals surface area contributed by atoms with Gasteiger partial charge in [0.15, 0.2) is 15.6 Å². The van der Waals surface area contributed by atoms with E-state index in [1.807, 2.05) is 36.4 Å². The van der Waals surface area contributed by atoms with Crippen LogP contribution in [0.3, 0.4) is 0 Å². The van der Waals surface area contributed by atoms with Crippen LogP contribution < -0.4 is 0 Å². The zero-order valence-electron chi connectivity index (χ0n) is 19.3. The molecule has 2 atom stereocenters. The molecule has 4 nitrogen and oxygen atoms in total. The number of ketones is 1. The number of rotatable bonds is 6. The molecule has 1 N–H and O–H groups in total. The molecule has 0 spiro atoms. The Kier molecular flexibility index (Phi) is 6.56. The maximum absolute atomic E-state index is 12.9. The predicted molar refractivity (Wildman–Crippen MR) is 138 cm³/mol. The molecule has 0 amide bonds. The summed E-state index contributed by atoms with van der Waals surface area (Å²) in [6.45, 7) is 0. The van der Waals surface area contributed by atoms with Crippen molar-refractivity contribution < 1.29 is 18.3 Å². The summed E-state index contributed by atoms with van der Waals surface area (Å²) in [6.07, 6.45) is 3.20. The summed E-state index contributed by atoms with van der Waals surface area (Å²) >= 11 is 5.91. The van der Waals surface area contributed by atoms with Gasteiger partial charge in [-0.3, -0.25) is 4.79 Å². The van der Waals surface area contributed by atoms with Crippen molar-refractivity contribution in [2.75, 3.05) is 5.75 Å². The summed E-state index contributed by atoms with van der Waals surface area (Å²) in [5.41, 5.74) is 4.74. The summed E-state index contributed by atoms with van der Waals surface area (Å²) in [5, 5.41) is 11.4. The molecule has 35 heavy (non-hydrogen) atoms. The number of allylic oxidation sites excluding steroid dienone is 2. The third-order valence-electron chi connectivity index (χ3n) is 7.19. The van der Waals surface area contributed by atoms with E-state index in [-0.39, 0.29) is 29.1 Å². The number of aliphatic hydroxyl groups is 1. The van der Waals surface area contributed by atoms with Crippen LogP contribution >= 0.6 is 11.6 Å². The molecule has 0 radical (unpaired) electrons. The second-order valence-electron chi connectivity index (χ2n) is 9.55. The van der Waals surface area contributed by atoms with Crippen LogP contribution in [0, 0.1) is 11.8 Å². The number of sulfone groups is 1. The average molecular weight is 507 g/mol. The quantitative estimate of drug-likeness (QED) is 0.443. The van der Waals surface area contributed by atoms with E-state index in [9.17, 15) is 18.3 Å². The first-order valence-corrected chi connectivity index (χ1v) is 13.9. The van der Waals surface area contributed by atoms with Crippen LogP contribution in [0.25, 0.3) is 5.57 Å². The first-order valence-electron chi connectivity index (χ1n) is 11.9. The minimum absolute atomic E-state index is 0.0176. The van der Waals surface area contributed by atoms with Crippen molar-refractivity contribution in [3.63, 3.8) is 0 Å². The van der Waals surface area contributed by atoms with E-state index >= 15 is 0 Å². The van der Waals surface area contributed by atoms with Gasteiger partial charge >= 0.3 is 0 Å². The van der Waals surface area contributed by atoms with Crippen molar-refractivity contribution in [1.82, 2.24) is 0 Å². The van der Waals surface area contributed by atoms with Gasteiger partial charge in [0, 0.05) is 17.4 Å². The van der Waals surface area contributed by atoms with Crippen molar-refractivity contribution in [3.05, 3.63) is 106 Å². The Labute approximate surface area is 211 Å². The van der Waals surface area contributed by atoms with E-state index in [1.165, 1.54) is 11.1 Å². The standard InChI is InChI=1S/C29H27ClO4S/c30-24-10-12-25(13-11-24)35(33,34)18-19-9-14-26-21(15-19)7-4-8-22(26)16-23-17-27(31)28(29(23)32)20-5-2-1-3-6-20/h1-8,10-13,19,23,32H,9,14-18H2. The normalized spacial score (nSPS) is 20.2. The van der Waals surface area contributed by atoms with Gasteiger partial charge < -0.3 is 5.11 Å². The monoisotopic (exact) mass is 506 g/mol. The fourth-order valence-corrected chi connectivity index (χ4v) is 7.24. The van der Waals surface area contributed by atoms with E-state index in [0.717, 1.165) is 24.0 Å². The van der Waals surface area contributed by atoms with Crippen molar-refractivity contribution in [2.45, 2.75) is 37.0 Å². The molecule has 0 saturated heterocycles. The lowest BCUT2D eigenvalue weighted by atomic mass is 9.80. The molecule has 5 rings (SSSR count). The number of Topliss-reactive ketones (excluding diaryl/α,β-unsaturated/α-hetero) is 1. The molecule has 2 unspecified atom stereocenters. The topological polar surface area (TPSA) is 71.4 Å². The first-order chi connectivity index (χ1) is 16.8. The lowest BCUT2D eigenvalue weighted by Gasteiger charge is -2.27. The lowest BCUT2D eigenvalue weighted by Crippen LogP contribution is -2.24. The zero-order valence-corrected chi connectivity index (χ0v) is 20.9. The van der Waals surface area contributed by atoms with Crippen molar-refractivity contribution in [1.29, 1.82) is 0 Å². The number of hydrogen-bond acceptors (Lipinski definition) is 4. The Balaban J connectivity index is 1.33. The van der Waals surface area contributed by atoms with Crippen LogP contribution in [-0.2, 0) is 33.9 Å². The van der Waals surface area contributed by atoms with Gasteiger partial charge in [0.25, 0.3) is 0 Å². The largest absolute Gasteiger partial charge is 0.511 e. The summed E-state index contributed by atoms with van der Waals surface area (Å²) in [6, 6.07) is 21.8. The van der Waals surface area contributed by atoms with Crippen molar-refractivity contribution in [2.24, 2.45) is 11.8 Å². The number of carbonyl (C=O) groups excluding carboxylic acids is 1. The van der Waals surface area contributed by atoms with Gasteiger partial charge in [-0.1, -0.05) is 60.1 Å². The fraction of sp³-hybridized carbons (Fsp3) is 0.276. The summed E-state index contributed by atoms with van der Waals surface area (Å²) < 4.78 is 25.9. The van der Waals surface area contributed by atoms with Gasteiger partial charge in [0.1, 0.15) is 5.76 Å². The number of halogens is 1. The van der Waals surface area contributed by atoms with Gasteiger partial charge in [-0.2, -0.15) is 0 Å². The maximum atomic E-state index is 12.9. The highest BCUT2D eigenvalue weighted by atomic mass is 35.5. The molecular weight excluding hydrogens is 480 g/mol. The minimum Gasteiger partial charge on any atom is -0.511 e. The molecule has 6 heteroatoms. The van der Waals surface area contributed by atoms with Crippen LogP contribution in [-0.4, -0.2) is 25.1 Å². The molecule has 0 heterocycles. The van der Waals surface area contributed by atoms with Gasteiger partial charge in [-0.25, -0.2) is 8.42 Å². The molecule has 0 saturated carbocycles. The van der Waals surface area contributed by atoms with Crippen LogP contribution in [0.1, 0.15) is 35.1 Å². The Hall–Kier alpha value is -2.89. The second-order valence-corrected chi connectivity index (χ2v) is 12.0. The summed E-state index contributed by atoms with van der Waals surface area (Å²) in [4.78, 5) is 13.0. The molecule has 0 bridgehead atoms. The van der Waals surface area contributed by atoms with E-state index in [2.05, 4.69) is 12.1 Å². The van der Waals surface area contributed by atoms with E-state index in [0.29, 0.717) is 34.8 Å². The van der Waals surface area contributed by atoms with Crippen LogP contribution in [0.15, 0.2) is 83.5 Å². The van der Waals surface area contributed by atoms with Crippen LogP contribution in [0.5, 0.6) is 0 Å². The average Bonchev–Trinajstić information content (AvgIpc) is 3.12. The number of benzene rings is 3. The SMILES string of the molecule is O=C1CC(Cc2cccc3c2CCC(CS(=O)(=O)c2ccc(Cl)cc2)C3)C(O)=C1c1ccccc1. The number of carbonyl (C=O) groups is 1. The third-order valence-corrected chi connectivity index (χ3v) is 9.34. The van der Waals surface area contributed by atoms with Gasteiger partial charge in [-0.15, -0.1) is 0 Å². The highest BCUT2D eigenvalue weighted by Gasteiger charge is 2.34. The summed E-state index contributed by atoms with van der Waals surface area (Å²) in [5.74, 6) is 0.0912. The Bertz CT molecular complexity index is 1390. The van der Waals surface area contributed by atoms with Gasteiger partial charge in [-0.05, 0) is 78.1 Å². The van der Waals surface area contributed by atoms with Gasteiger partial charge in [0.2, 0.25) is 0 Å². The summed E-state index contributed by atoms with van der Waals surface area (Å²) in [7, 11) is -3.39. The second kappa shape index (κ2) is 9.63. The molecule has 2 aliphatic rings. The number of aliphatic hydroxyl groups excluding tert-OH is 1. The van der Waals surface area contributed by atoms with Crippen LogP contribution in [0.2, 0.25) is 5.02 Å². The third kappa shape index (κ3) is 4.93. The molecule has 0 aromatic heterocycles. The lowest BCUT2D eigenvalue weighted by molar-refractivity contribution is -0.113. The molecule has 3 aromatic carbocycles. The maximum Gasteiger partial charge on any atom is 0.178 e. The fourth-order valence-electron chi connectivity index (χ4n) is 5.46. The predicted octanol–water partition coefficient (Wildman–Crippen LogP) is 6.02. The Morgan fingerprint density at radius 1 is 0.914 bits per heavy atom. The zero-order chi connectivity index (χ0) is 24.6. The van der Waals surface area contributed by atoms with Crippen LogP contribution in [0.4, 0.5) is 0 Å². The molecule has 0 aliphatic heterocycles.